The van der Waals surface area contributed by atoms with Crippen molar-refractivity contribution in [2.24, 2.45) is 5.41 Å². The summed E-state index contributed by atoms with van der Waals surface area (Å²) < 4.78 is 19.0. The topological polar surface area (TPSA) is 71.1 Å². The van der Waals surface area contributed by atoms with Gasteiger partial charge in [-0.1, -0.05) is 20.8 Å². The molecule has 0 unspecified atom stereocenters. The SMILES string of the molecule is [C-]#[N+]c1cc2c(cc1OCCCOC)OC[C@@H](C(C)(C)C)n1cc(C(C)=O)c(=O)cc1-2. The van der Waals surface area contributed by atoms with E-state index in [0.717, 1.165) is 0 Å². The van der Waals surface area contributed by atoms with Gasteiger partial charge in [-0.15, -0.1) is 0 Å². The minimum Gasteiger partial charge on any atom is -0.504 e. The number of fused-ring (bicyclic) bond motifs is 3. The lowest BCUT2D eigenvalue weighted by Gasteiger charge is -2.32. The number of hydrogen-bond donors (Lipinski definition) is 0. The van der Waals surface area contributed by atoms with Crippen molar-refractivity contribution >= 4 is 11.5 Å². The highest BCUT2D eigenvalue weighted by atomic mass is 16.5. The van der Waals surface area contributed by atoms with Crippen molar-refractivity contribution in [3.05, 3.63) is 51.6 Å². The van der Waals surface area contributed by atoms with Crippen LogP contribution in [-0.2, 0) is 4.74 Å². The maximum atomic E-state index is 12.7. The fraction of sp³-hybridized carbons (Fsp3) is 0.458. The van der Waals surface area contributed by atoms with E-state index in [1.54, 1.807) is 25.4 Å². The van der Waals surface area contributed by atoms with Crippen LogP contribution in [0.25, 0.3) is 16.1 Å². The third-order valence-electron chi connectivity index (χ3n) is 5.40. The summed E-state index contributed by atoms with van der Waals surface area (Å²) in [5.74, 6) is 0.706. The molecule has 0 fully saturated rings. The van der Waals surface area contributed by atoms with Gasteiger partial charge in [0, 0.05) is 44.0 Å². The van der Waals surface area contributed by atoms with E-state index in [9.17, 15) is 9.59 Å². The second-order valence-electron chi connectivity index (χ2n) is 8.72. The van der Waals surface area contributed by atoms with E-state index in [1.165, 1.54) is 13.0 Å². The molecule has 0 saturated heterocycles. The Labute approximate surface area is 182 Å². The molecule has 1 aliphatic heterocycles. The molecule has 1 aliphatic rings. The summed E-state index contributed by atoms with van der Waals surface area (Å²) in [6.07, 6.45) is 2.32. The molecule has 1 aromatic carbocycles. The number of carbonyl (C=O) groups excluding carboxylic acids is 1. The standard InChI is InChI=1S/C24H28N2O5/c1-15(27)17-13-26-19(11-20(17)28)16-10-18(25-5)22(30-9-7-8-29-6)12-21(16)31-14-23(26)24(2,3)4/h10-13,23H,7-9,14H2,1-4,6H3/t23-/m0/s1. The van der Waals surface area contributed by atoms with Crippen LogP contribution in [-0.4, -0.2) is 37.3 Å². The number of carbonyl (C=O) groups is 1. The van der Waals surface area contributed by atoms with Crippen LogP contribution in [0.1, 0.15) is 50.5 Å². The summed E-state index contributed by atoms with van der Waals surface area (Å²) in [6.45, 7) is 16.6. The average molecular weight is 424 g/mol. The van der Waals surface area contributed by atoms with E-state index in [0.29, 0.717) is 54.7 Å². The Morgan fingerprint density at radius 2 is 2.03 bits per heavy atom. The number of nitrogens with zero attached hydrogens (tertiary/aromatic N) is 2. The zero-order chi connectivity index (χ0) is 22.8. The fourth-order valence-corrected chi connectivity index (χ4v) is 3.66. The van der Waals surface area contributed by atoms with Crippen molar-refractivity contribution in [2.75, 3.05) is 26.9 Å². The molecule has 0 bridgehead atoms. The highest BCUT2D eigenvalue weighted by Gasteiger charge is 2.33. The molecule has 7 nitrogen and oxygen atoms in total. The van der Waals surface area contributed by atoms with Gasteiger partial charge in [0.1, 0.15) is 18.1 Å². The van der Waals surface area contributed by atoms with Gasteiger partial charge in [0.2, 0.25) is 5.69 Å². The summed E-state index contributed by atoms with van der Waals surface area (Å²) in [6, 6.07) is 4.75. The highest BCUT2D eigenvalue weighted by molar-refractivity contribution is 5.94. The van der Waals surface area contributed by atoms with E-state index in [2.05, 4.69) is 25.6 Å². The summed E-state index contributed by atoms with van der Waals surface area (Å²) in [7, 11) is 1.63. The van der Waals surface area contributed by atoms with Gasteiger partial charge in [0.05, 0.1) is 30.5 Å². The van der Waals surface area contributed by atoms with Gasteiger partial charge in [-0.2, -0.15) is 0 Å². The van der Waals surface area contributed by atoms with Crippen LogP contribution >= 0.6 is 0 Å². The van der Waals surface area contributed by atoms with E-state index in [-0.39, 0.29) is 28.2 Å². The molecule has 7 heteroatoms. The van der Waals surface area contributed by atoms with E-state index < -0.39 is 0 Å². The monoisotopic (exact) mass is 424 g/mol. The molecule has 1 aromatic heterocycles. The third-order valence-corrected chi connectivity index (χ3v) is 5.40. The second kappa shape index (κ2) is 8.94. The van der Waals surface area contributed by atoms with Crippen molar-refractivity contribution in [3.8, 4) is 22.8 Å². The smallest absolute Gasteiger partial charge is 0.229 e. The van der Waals surface area contributed by atoms with Gasteiger partial charge in [-0.3, -0.25) is 9.59 Å². The predicted molar refractivity (Wildman–Crippen MR) is 118 cm³/mol. The maximum absolute atomic E-state index is 12.7. The number of ketones is 1. The summed E-state index contributed by atoms with van der Waals surface area (Å²) in [4.78, 5) is 28.3. The van der Waals surface area contributed by atoms with Gasteiger partial charge in [0.25, 0.3) is 0 Å². The number of methoxy groups -OCH3 is 1. The quantitative estimate of drug-likeness (QED) is 0.383. The van der Waals surface area contributed by atoms with Crippen molar-refractivity contribution in [2.45, 2.75) is 40.2 Å². The highest BCUT2D eigenvalue weighted by Crippen LogP contribution is 2.45. The van der Waals surface area contributed by atoms with Crippen LogP contribution in [0.15, 0.2) is 29.2 Å². The van der Waals surface area contributed by atoms with Gasteiger partial charge >= 0.3 is 0 Å². The Bertz CT molecular complexity index is 1090. The summed E-state index contributed by atoms with van der Waals surface area (Å²) >= 11 is 0. The van der Waals surface area contributed by atoms with Crippen LogP contribution in [0.3, 0.4) is 0 Å². The first kappa shape index (κ1) is 22.6. The number of rotatable bonds is 6. The first-order valence-electron chi connectivity index (χ1n) is 10.2. The van der Waals surface area contributed by atoms with Crippen LogP contribution < -0.4 is 14.9 Å². The van der Waals surface area contributed by atoms with Gasteiger partial charge in [0.15, 0.2) is 11.2 Å². The Morgan fingerprint density at radius 3 is 2.65 bits per heavy atom. The molecular formula is C24H28N2O5. The third kappa shape index (κ3) is 4.64. The fourth-order valence-electron chi connectivity index (χ4n) is 3.66. The lowest BCUT2D eigenvalue weighted by atomic mass is 9.86. The van der Waals surface area contributed by atoms with Crippen LogP contribution in [0.2, 0.25) is 0 Å². The van der Waals surface area contributed by atoms with Crippen LogP contribution in [0.5, 0.6) is 11.5 Å². The molecule has 0 saturated carbocycles. The molecule has 0 amide bonds. The first-order chi connectivity index (χ1) is 14.7. The molecule has 3 rings (SSSR count). The van der Waals surface area contributed by atoms with E-state index in [4.69, 9.17) is 20.8 Å². The molecule has 0 aliphatic carbocycles. The Hall–Kier alpha value is -3.11. The molecule has 164 valence electrons. The number of benzene rings is 1. The first-order valence-corrected chi connectivity index (χ1v) is 10.2. The number of aromatic nitrogens is 1. The minimum absolute atomic E-state index is 0.129. The van der Waals surface area contributed by atoms with E-state index in [1.807, 2.05) is 4.57 Å². The molecule has 0 radical (unpaired) electrons. The lowest BCUT2D eigenvalue weighted by Crippen LogP contribution is -2.31. The summed E-state index contributed by atoms with van der Waals surface area (Å²) in [5, 5.41) is 0. The van der Waals surface area contributed by atoms with Crippen molar-refractivity contribution in [1.82, 2.24) is 4.57 Å². The molecule has 2 heterocycles. The molecule has 2 aromatic rings. The minimum atomic E-state index is -0.344. The number of ether oxygens (including phenoxy) is 3. The van der Waals surface area contributed by atoms with E-state index >= 15 is 0 Å². The summed E-state index contributed by atoms with van der Waals surface area (Å²) in [5.41, 5.74) is 1.19. The normalized spacial score (nSPS) is 15.2. The zero-order valence-corrected chi connectivity index (χ0v) is 18.7. The van der Waals surface area contributed by atoms with Crippen LogP contribution in [0, 0.1) is 12.0 Å². The molecule has 1 atom stereocenters. The molecule has 0 N–H and O–H groups in total. The average Bonchev–Trinajstić information content (AvgIpc) is 2.85. The Balaban J connectivity index is 2.18. The van der Waals surface area contributed by atoms with Crippen molar-refractivity contribution in [1.29, 1.82) is 0 Å². The second-order valence-corrected chi connectivity index (χ2v) is 8.72. The molecule has 31 heavy (non-hydrogen) atoms. The van der Waals surface area contributed by atoms with Gasteiger partial charge < -0.3 is 18.8 Å². The number of pyridine rings is 1. The predicted octanol–water partition coefficient (Wildman–Crippen LogP) is 4.66. The lowest BCUT2D eigenvalue weighted by molar-refractivity contribution is 0.101. The molecule has 0 spiro atoms. The largest absolute Gasteiger partial charge is 0.504 e. The maximum Gasteiger partial charge on any atom is 0.229 e. The zero-order valence-electron chi connectivity index (χ0n) is 18.7. The van der Waals surface area contributed by atoms with Crippen molar-refractivity contribution < 1.29 is 19.0 Å². The van der Waals surface area contributed by atoms with Crippen LogP contribution in [0.4, 0.5) is 5.69 Å². The number of hydrogen-bond acceptors (Lipinski definition) is 5. The van der Waals surface area contributed by atoms with Gasteiger partial charge in [-0.05, 0) is 18.4 Å². The Morgan fingerprint density at radius 1 is 1.29 bits per heavy atom. The Kier molecular flexibility index (Phi) is 6.51. The number of Topliss-reactive ketones (excluding diaryl/α,β-unsaturated/α-hetero) is 1. The molecular weight excluding hydrogens is 396 g/mol. The van der Waals surface area contributed by atoms with Crippen molar-refractivity contribution in [3.63, 3.8) is 0 Å². The van der Waals surface area contributed by atoms with Gasteiger partial charge in [-0.25, -0.2) is 4.85 Å².